The highest BCUT2D eigenvalue weighted by atomic mass is 16.5. The van der Waals surface area contributed by atoms with E-state index >= 15 is 0 Å². The third kappa shape index (κ3) is 2.84. The molecule has 0 aromatic carbocycles. The van der Waals surface area contributed by atoms with Gasteiger partial charge in [-0.15, -0.1) is 0 Å². The van der Waals surface area contributed by atoms with Crippen molar-refractivity contribution in [1.29, 1.82) is 0 Å². The van der Waals surface area contributed by atoms with E-state index in [9.17, 15) is 9.59 Å². The minimum atomic E-state index is -0.236. The second-order valence-corrected chi connectivity index (χ2v) is 4.29. The zero-order valence-electron chi connectivity index (χ0n) is 9.88. The summed E-state index contributed by atoms with van der Waals surface area (Å²) in [5.74, 6) is -0.259. The average molecular weight is 226 g/mol. The number of cyclic esters (lactones) is 2. The number of carbonyl (C=O) groups is 2. The maximum Gasteiger partial charge on any atom is 0.333 e. The van der Waals surface area contributed by atoms with E-state index in [2.05, 4.69) is 11.3 Å². The Labute approximate surface area is 95.6 Å². The third-order valence-corrected chi connectivity index (χ3v) is 3.09. The summed E-state index contributed by atoms with van der Waals surface area (Å²) in [6.07, 6.45) is 2.49. The van der Waals surface area contributed by atoms with Crippen LogP contribution in [-0.4, -0.2) is 25.2 Å². The zero-order chi connectivity index (χ0) is 12.2. The predicted octanol–water partition coefficient (Wildman–Crippen LogP) is 1.84. The first-order valence-electron chi connectivity index (χ1n) is 5.52. The highest BCUT2D eigenvalue weighted by Crippen LogP contribution is 2.32. The van der Waals surface area contributed by atoms with Crippen LogP contribution in [0.3, 0.4) is 0 Å². The number of hydrogen-bond donors (Lipinski definition) is 0. The van der Waals surface area contributed by atoms with Gasteiger partial charge in [-0.25, -0.2) is 4.79 Å². The van der Waals surface area contributed by atoms with Crippen LogP contribution in [0.25, 0.3) is 0 Å². The normalized spacial score (nSPS) is 28.2. The van der Waals surface area contributed by atoms with Gasteiger partial charge < -0.3 is 9.47 Å². The van der Waals surface area contributed by atoms with Gasteiger partial charge in [-0.05, 0) is 19.8 Å². The minimum absolute atomic E-state index is 0.0231. The van der Waals surface area contributed by atoms with Crippen molar-refractivity contribution in [2.45, 2.75) is 33.1 Å². The summed E-state index contributed by atoms with van der Waals surface area (Å²) in [6.45, 7) is 8.58. The Bertz CT molecular complexity index is 294. The van der Waals surface area contributed by atoms with E-state index in [0.717, 1.165) is 12.8 Å². The average Bonchev–Trinajstić information content (AvgIpc) is 2.78. The Morgan fingerprint density at radius 2 is 2.00 bits per heavy atom. The highest BCUT2D eigenvalue weighted by molar-refractivity contribution is 5.89. The van der Waals surface area contributed by atoms with Crippen LogP contribution in [0.5, 0.6) is 0 Å². The van der Waals surface area contributed by atoms with Gasteiger partial charge in [0.25, 0.3) is 0 Å². The van der Waals surface area contributed by atoms with E-state index in [1.807, 2.05) is 13.8 Å². The molecular formula is C12H18O4. The Morgan fingerprint density at radius 1 is 1.31 bits per heavy atom. The van der Waals surface area contributed by atoms with Crippen LogP contribution in [-0.2, 0) is 19.1 Å². The van der Waals surface area contributed by atoms with E-state index in [0.29, 0.717) is 25.2 Å². The van der Waals surface area contributed by atoms with E-state index in [1.165, 1.54) is 0 Å². The van der Waals surface area contributed by atoms with Gasteiger partial charge in [0.05, 0.1) is 18.6 Å². The van der Waals surface area contributed by atoms with E-state index in [1.54, 1.807) is 0 Å². The molecule has 0 bridgehead atoms. The number of carbonyl (C=O) groups excluding carboxylic acids is 2. The lowest BCUT2D eigenvalue weighted by Gasteiger charge is -2.14. The topological polar surface area (TPSA) is 52.6 Å². The molecule has 0 spiro atoms. The largest absolute Gasteiger partial charge is 0.465 e. The fourth-order valence-electron chi connectivity index (χ4n) is 1.44. The molecule has 0 saturated carbocycles. The molecule has 0 aromatic rings. The van der Waals surface area contributed by atoms with Crippen LogP contribution in [0, 0.1) is 5.41 Å². The summed E-state index contributed by atoms with van der Waals surface area (Å²) in [6, 6.07) is 0. The molecule has 0 aliphatic carbocycles. The van der Waals surface area contributed by atoms with Gasteiger partial charge in [0.15, 0.2) is 0 Å². The van der Waals surface area contributed by atoms with Crippen LogP contribution < -0.4 is 0 Å². The lowest BCUT2D eigenvalue weighted by Crippen LogP contribution is -2.20. The standard InChI is InChI=1S/C7H12O2.C5H6O2/c1-3-7(2)4-5-9-6(7)8;1-4-2-3-7-5(4)6/h3-5H2,1-2H3;1-3H2. The van der Waals surface area contributed by atoms with Crippen molar-refractivity contribution in [3.05, 3.63) is 12.2 Å². The van der Waals surface area contributed by atoms with Crippen molar-refractivity contribution in [2.24, 2.45) is 5.41 Å². The monoisotopic (exact) mass is 226 g/mol. The van der Waals surface area contributed by atoms with Crippen LogP contribution in [0.2, 0.25) is 0 Å². The molecule has 1 unspecified atom stereocenters. The van der Waals surface area contributed by atoms with E-state index in [-0.39, 0.29) is 17.4 Å². The Kier molecular flexibility index (Phi) is 4.10. The van der Waals surface area contributed by atoms with Gasteiger partial charge >= 0.3 is 11.9 Å². The van der Waals surface area contributed by atoms with Crippen LogP contribution >= 0.6 is 0 Å². The summed E-state index contributed by atoms with van der Waals surface area (Å²) >= 11 is 0. The molecule has 90 valence electrons. The van der Waals surface area contributed by atoms with Gasteiger partial charge in [0.1, 0.15) is 0 Å². The SMILES string of the molecule is C=C1CCOC1=O.CCC1(C)CCOC1=O. The van der Waals surface area contributed by atoms with Gasteiger partial charge in [-0.3, -0.25) is 4.79 Å². The van der Waals surface area contributed by atoms with Crippen LogP contribution in [0.4, 0.5) is 0 Å². The number of hydrogen-bond acceptors (Lipinski definition) is 4. The molecule has 0 amide bonds. The molecule has 2 rings (SSSR count). The highest BCUT2D eigenvalue weighted by Gasteiger charge is 2.37. The van der Waals surface area contributed by atoms with Crippen molar-refractivity contribution < 1.29 is 19.1 Å². The zero-order valence-corrected chi connectivity index (χ0v) is 9.88. The lowest BCUT2D eigenvalue weighted by molar-refractivity contribution is -0.145. The van der Waals surface area contributed by atoms with E-state index in [4.69, 9.17) is 4.74 Å². The summed E-state index contributed by atoms with van der Waals surface area (Å²) in [4.78, 5) is 21.2. The molecule has 16 heavy (non-hydrogen) atoms. The number of ether oxygens (including phenoxy) is 2. The van der Waals surface area contributed by atoms with Crippen molar-refractivity contribution in [1.82, 2.24) is 0 Å². The number of esters is 2. The fraction of sp³-hybridized carbons (Fsp3) is 0.667. The molecule has 2 aliphatic heterocycles. The second kappa shape index (κ2) is 5.14. The smallest absolute Gasteiger partial charge is 0.333 e. The Morgan fingerprint density at radius 3 is 2.19 bits per heavy atom. The van der Waals surface area contributed by atoms with Crippen molar-refractivity contribution in [3.63, 3.8) is 0 Å². The molecule has 4 heteroatoms. The molecule has 0 aromatic heterocycles. The first-order chi connectivity index (χ1) is 7.49. The molecule has 2 heterocycles. The van der Waals surface area contributed by atoms with E-state index < -0.39 is 0 Å². The molecule has 0 radical (unpaired) electrons. The van der Waals surface area contributed by atoms with Crippen molar-refractivity contribution in [3.8, 4) is 0 Å². The Balaban J connectivity index is 0.000000165. The molecule has 1 atom stereocenters. The van der Waals surface area contributed by atoms with Gasteiger partial charge in [0.2, 0.25) is 0 Å². The van der Waals surface area contributed by atoms with Gasteiger partial charge in [-0.2, -0.15) is 0 Å². The third-order valence-electron chi connectivity index (χ3n) is 3.09. The van der Waals surface area contributed by atoms with Crippen LogP contribution in [0.1, 0.15) is 33.1 Å². The molecule has 2 saturated heterocycles. The summed E-state index contributed by atoms with van der Waals surface area (Å²) in [7, 11) is 0. The summed E-state index contributed by atoms with van der Waals surface area (Å²) < 4.78 is 9.35. The molecular weight excluding hydrogens is 208 g/mol. The quantitative estimate of drug-likeness (QED) is 0.505. The summed E-state index contributed by atoms with van der Waals surface area (Å²) in [5.41, 5.74) is 0.431. The second-order valence-electron chi connectivity index (χ2n) is 4.29. The molecule has 2 aliphatic rings. The molecule has 0 N–H and O–H groups in total. The first kappa shape index (κ1) is 12.7. The molecule has 4 nitrogen and oxygen atoms in total. The Hall–Kier alpha value is -1.32. The van der Waals surface area contributed by atoms with Crippen LogP contribution in [0.15, 0.2) is 12.2 Å². The lowest BCUT2D eigenvalue weighted by atomic mass is 9.86. The maximum atomic E-state index is 10.9. The van der Waals surface area contributed by atoms with Gasteiger partial charge in [0, 0.05) is 12.0 Å². The summed E-state index contributed by atoms with van der Waals surface area (Å²) in [5, 5.41) is 0. The number of rotatable bonds is 1. The predicted molar refractivity (Wildman–Crippen MR) is 58.7 cm³/mol. The molecule has 2 fully saturated rings. The fourth-order valence-corrected chi connectivity index (χ4v) is 1.44. The van der Waals surface area contributed by atoms with Crippen molar-refractivity contribution in [2.75, 3.05) is 13.2 Å². The van der Waals surface area contributed by atoms with Gasteiger partial charge in [-0.1, -0.05) is 13.5 Å². The minimum Gasteiger partial charge on any atom is -0.465 e. The first-order valence-corrected chi connectivity index (χ1v) is 5.52. The van der Waals surface area contributed by atoms with Crippen molar-refractivity contribution >= 4 is 11.9 Å². The maximum absolute atomic E-state index is 10.9.